The van der Waals surface area contributed by atoms with Crippen LogP contribution in [0.1, 0.15) is 50.2 Å². The average molecular weight is 316 g/mol. The molecule has 114 valence electrons. The molecule has 0 aromatic carbocycles. The third kappa shape index (κ3) is 4.53. The van der Waals surface area contributed by atoms with Crippen molar-refractivity contribution in [2.75, 3.05) is 6.26 Å². The van der Waals surface area contributed by atoms with Gasteiger partial charge in [0.25, 0.3) is 0 Å². The Bertz CT molecular complexity index is 549. The second-order valence-corrected chi connectivity index (χ2v) is 9.55. The lowest BCUT2D eigenvalue weighted by Gasteiger charge is -2.39. The van der Waals surface area contributed by atoms with Gasteiger partial charge in [-0.2, -0.15) is 0 Å². The zero-order valence-corrected chi connectivity index (χ0v) is 14.1. The molecule has 1 aromatic heterocycles. The van der Waals surface area contributed by atoms with Crippen LogP contribution in [-0.4, -0.2) is 25.7 Å². The van der Waals surface area contributed by atoms with E-state index in [-0.39, 0.29) is 5.75 Å². The summed E-state index contributed by atoms with van der Waals surface area (Å²) in [6.45, 7) is 5.37. The molecule has 6 heteroatoms. The Morgan fingerprint density at radius 2 is 2.20 bits per heavy atom. The normalized spacial score (nSPS) is 22.9. The van der Waals surface area contributed by atoms with Crippen LogP contribution in [0.15, 0.2) is 5.38 Å². The first-order valence-electron chi connectivity index (χ1n) is 7.11. The van der Waals surface area contributed by atoms with Gasteiger partial charge in [-0.25, -0.2) is 13.4 Å². The van der Waals surface area contributed by atoms with Gasteiger partial charge in [0.15, 0.2) is 9.84 Å². The van der Waals surface area contributed by atoms with Crippen LogP contribution in [0.4, 0.5) is 0 Å². The molecule has 2 rings (SSSR count). The molecule has 0 radical (unpaired) electrons. The van der Waals surface area contributed by atoms with E-state index in [4.69, 9.17) is 0 Å². The fourth-order valence-corrected chi connectivity index (χ4v) is 4.83. The van der Waals surface area contributed by atoms with Crippen LogP contribution in [-0.2, 0) is 22.1 Å². The summed E-state index contributed by atoms with van der Waals surface area (Å²) in [4.78, 5) is 4.40. The largest absolute Gasteiger partial charge is 0.308 e. The molecule has 1 aromatic rings. The maximum Gasteiger partial charge on any atom is 0.153 e. The average Bonchev–Trinajstić information content (AvgIpc) is 2.72. The summed E-state index contributed by atoms with van der Waals surface area (Å²) in [5.74, 6) is 0.0482. The Hall–Kier alpha value is -0.460. The number of nitrogens with zero attached hydrogens (tertiary/aromatic N) is 1. The van der Waals surface area contributed by atoms with Crippen LogP contribution in [0.5, 0.6) is 0 Å². The Morgan fingerprint density at radius 3 is 2.85 bits per heavy atom. The number of rotatable bonds is 5. The highest BCUT2D eigenvalue weighted by Gasteiger charge is 2.31. The van der Waals surface area contributed by atoms with Crippen LogP contribution in [0.25, 0.3) is 0 Å². The van der Waals surface area contributed by atoms with E-state index >= 15 is 0 Å². The van der Waals surface area contributed by atoms with Gasteiger partial charge in [0.1, 0.15) is 10.8 Å². The Kier molecular flexibility index (Phi) is 4.87. The molecule has 1 unspecified atom stereocenters. The van der Waals surface area contributed by atoms with Gasteiger partial charge in [0, 0.05) is 24.2 Å². The third-order valence-corrected chi connectivity index (χ3v) is 5.90. The van der Waals surface area contributed by atoms with Gasteiger partial charge in [-0.05, 0) is 18.3 Å². The molecule has 1 aliphatic rings. The first kappa shape index (κ1) is 15.9. The molecular weight excluding hydrogens is 292 g/mol. The van der Waals surface area contributed by atoms with Crippen molar-refractivity contribution in [3.05, 3.63) is 16.1 Å². The minimum Gasteiger partial charge on any atom is -0.308 e. The highest BCUT2D eigenvalue weighted by atomic mass is 32.2. The summed E-state index contributed by atoms with van der Waals surface area (Å²) in [5.41, 5.74) is 1.29. The lowest BCUT2D eigenvalue weighted by atomic mass is 9.73. The van der Waals surface area contributed by atoms with Crippen molar-refractivity contribution in [3.63, 3.8) is 0 Å². The summed E-state index contributed by atoms with van der Waals surface area (Å²) < 4.78 is 22.5. The van der Waals surface area contributed by atoms with Gasteiger partial charge in [-0.15, -0.1) is 11.3 Å². The summed E-state index contributed by atoms with van der Waals surface area (Å²) in [7, 11) is -2.99. The van der Waals surface area contributed by atoms with E-state index in [1.807, 2.05) is 5.38 Å². The van der Waals surface area contributed by atoms with Crippen LogP contribution < -0.4 is 5.32 Å². The van der Waals surface area contributed by atoms with E-state index in [0.717, 1.165) is 12.2 Å². The standard InChI is InChI=1S/C14H24N2O2S2/c1-14(2)7-5-4-6-12(14)15-8-11-9-19-13(16-11)10-20(3,17)18/h9,12,15H,4-8,10H2,1-3H3. The number of hydrogen-bond acceptors (Lipinski definition) is 5. The molecule has 1 heterocycles. The van der Waals surface area contributed by atoms with Crippen molar-refractivity contribution in [3.8, 4) is 0 Å². The van der Waals surface area contributed by atoms with E-state index in [2.05, 4.69) is 24.1 Å². The van der Waals surface area contributed by atoms with Gasteiger partial charge in [0.05, 0.1) is 5.69 Å². The van der Waals surface area contributed by atoms with Crippen molar-refractivity contribution >= 4 is 21.2 Å². The van der Waals surface area contributed by atoms with E-state index in [1.54, 1.807) is 0 Å². The Balaban J connectivity index is 1.91. The van der Waals surface area contributed by atoms with Gasteiger partial charge < -0.3 is 5.32 Å². The Morgan fingerprint density at radius 1 is 1.45 bits per heavy atom. The van der Waals surface area contributed by atoms with Crippen molar-refractivity contribution in [2.24, 2.45) is 5.41 Å². The molecule has 1 aliphatic carbocycles. The molecule has 0 spiro atoms. The lowest BCUT2D eigenvalue weighted by Crippen LogP contribution is -2.43. The van der Waals surface area contributed by atoms with Crippen LogP contribution >= 0.6 is 11.3 Å². The molecule has 0 bridgehead atoms. The fraction of sp³-hybridized carbons (Fsp3) is 0.786. The van der Waals surface area contributed by atoms with E-state index in [1.165, 1.54) is 43.3 Å². The second kappa shape index (κ2) is 6.12. The van der Waals surface area contributed by atoms with Crippen LogP contribution in [0, 0.1) is 5.41 Å². The molecule has 0 saturated heterocycles. The number of hydrogen-bond donors (Lipinski definition) is 1. The fourth-order valence-electron chi connectivity index (χ4n) is 2.82. The van der Waals surface area contributed by atoms with Crippen molar-refractivity contribution in [1.29, 1.82) is 0 Å². The first-order chi connectivity index (χ1) is 9.26. The monoisotopic (exact) mass is 316 g/mol. The molecule has 1 N–H and O–H groups in total. The molecule has 1 fully saturated rings. The maximum absolute atomic E-state index is 11.3. The predicted octanol–water partition coefficient (Wildman–Crippen LogP) is 2.75. The minimum absolute atomic E-state index is 0.0482. The zero-order chi connectivity index (χ0) is 14.8. The third-order valence-electron chi connectivity index (χ3n) is 4.02. The van der Waals surface area contributed by atoms with E-state index in [0.29, 0.717) is 16.5 Å². The zero-order valence-electron chi connectivity index (χ0n) is 12.5. The highest BCUT2D eigenvalue weighted by molar-refractivity contribution is 7.90. The SMILES string of the molecule is CC1(C)CCCCC1NCc1csc(CS(C)(=O)=O)n1. The van der Waals surface area contributed by atoms with Crippen molar-refractivity contribution in [2.45, 2.75) is 57.9 Å². The maximum atomic E-state index is 11.3. The van der Waals surface area contributed by atoms with Gasteiger partial charge in [-0.1, -0.05) is 26.7 Å². The van der Waals surface area contributed by atoms with Gasteiger partial charge in [-0.3, -0.25) is 0 Å². The molecule has 4 nitrogen and oxygen atoms in total. The summed E-state index contributed by atoms with van der Waals surface area (Å²) in [6.07, 6.45) is 6.34. The molecular formula is C14H24N2O2S2. The minimum atomic E-state index is -2.99. The van der Waals surface area contributed by atoms with Crippen LogP contribution in [0.3, 0.4) is 0 Å². The van der Waals surface area contributed by atoms with Crippen LogP contribution in [0.2, 0.25) is 0 Å². The number of aromatic nitrogens is 1. The quantitative estimate of drug-likeness (QED) is 0.907. The highest BCUT2D eigenvalue weighted by Crippen LogP contribution is 2.35. The molecule has 1 saturated carbocycles. The molecule has 0 aliphatic heterocycles. The lowest BCUT2D eigenvalue weighted by molar-refractivity contribution is 0.166. The van der Waals surface area contributed by atoms with Gasteiger partial charge in [0.2, 0.25) is 0 Å². The van der Waals surface area contributed by atoms with Crippen molar-refractivity contribution in [1.82, 2.24) is 10.3 Å². The number of sulfone groups is 1. The van der Waals surface area contributed by atoms with Gasteiger partial charge >= 0.3 is 0 Å². The first-order valence-corrected chi connectivity index (χ1v) is 10.0. The second-order valence-electron chi connectivity index (χ2n) is 6.47. The number of nitrogens with one attached hydrogen (secondary N) is 1. The molecule has 20 heavy (non-hydrogen) atoms. The van der Waals surface area contributed by atoms with E-state index < -0.39 is 9.84 Å². The Labute approximate surface area is 125 Å². The summed E-state index contributed by atoms with van der Waals surface area (Å²) >= 11 is 1.43. The van der Waals surface area contributed by atoms with E-state index in [9.17, 15) is 8.42 Å². The topological polar surface area (TPSA) is 59.1 Å². The smallest absolute Gasteiger partial charge is 0.153 e. The molecule has 0 amide bonds. The molecule has 1 atom stereocenters. The van der Waals surface area contributed by atoms with Crippen molar-refractivity contribution < 1.29 is 8.42 Å². The number of thiazole rings is 1. The summed E-state index contributed by atoms with van der Waals surface area (Å²) in [6, 6.07) is 0.524. The predicted molar refractivity (Wildman–Crippen MR) is 83.5 cm³/mol. The summed E-state index contributed by atoms with van der Waals surface area (Å²) in [5, 5.41) is 6.25.